The first kappa shape index (κ1) is 15.3. The minimum Gasteiger partial charge on any atom is -0.409 e. The maximum Gasteiger partial charge on any atom is 0.253 e. The van der Waals surface area contributed by atoms with E-state index in [2.05, 4.69) is 10.5 Å². The van der Waals surface area contributed by atoms with Crippen LogP contribution in [0.25, 0.3) is 0 Å². The molecule has 1 aromatic carbocycles. The second-order valence-corrected chi connectivity index (χ2v) is 4.73. The summed E-state index contributed by atoms with van der Waals surface area (Å²) in [5.41, 5.74) is 6.89. The van der Waals surface area contributed by atoms with Crippen LogP contribution in [0.15, 0.2) is 23.4 Å². The van der Waals surface area contributed by atoms with E-state index in [0.717, 1.165) is 12.0 Å². The Morgan fingerprint density at radius 3 is 2.79 bits per heavy atom. The highest BCUT2D eigenvalue weighted by Crippen LogP contribution is 2.17. The van der Waals surface area contributed by atoms with Crippen LogP contribution >= 0.6 is 11.6 Å². The number of carbonyl (C=O) groups is 1. The van der Waals surface area contributed by atoms with Gasteiger partial charge >= 0.3 is 0 Å². The molecule has 5 nitrogen and oxygen atoms in total. The van der Waals surface area contributed by atoms with Crippen LogP contribution in [0.5, 0.6) is 0 Å². The summed E-state index contributed by atoms with van der Waals surface area (Å²) in [4.78, 5) is 12.1. The molecule has 0 saturated heterocycles. The van der Waals surface area contributed by atoms with Gasteiger partial charge < -0.3 is 16.3 Å². The number of amides is 1. The van der Waals surface area contributed by atoms with Gasteiger partial charge in [-0.15, -0.1) is 0 Å². The van der Waals surface area contributed by atoms with Crippen LogP contribution in [-0.4, -0.2) is 23.0 Å². The number of halogens is 1. The zero-order valence-corrected chi connectivity index (χ0v) is 11.7. The molecule has 0 aliphatic carbocycles. The summed E-state index contributed by atoms with van der Waals surface area (Å²) in [5, 5.41) is 14.7. The van der Waals surface area contributed by atoms with Crippen LogP contribution in [0.1, 0.15) is 35.7 Å². The molecule has 0 radical (unpaired) electrons. The van der Waals surface area contributed by atoms with Crippen molar-refractivity contribution in [2.24, 2.45) is 10.9 Å². The van der Waals surface area contributed by atoms with Gasteiger partial charge in [-0.3, -0.25) is 4.79 Å². The minimum absolute atomic E-state index is 0.0153. The first-order chi connectivity index (χ1) is 8.99. The van der Waals surface area contributed by atoms with Crippen LogP contribution in [0, 0.1) is 6.92 Å². The average Bonchev–Trinajstić information content (AvgIpc) is 2.37. The number of oxime groups is 1. The molecule has 1 rings (SSSR count). The van der Waals surface area contributed by atoms with Gasteiger partial charge in [0.25, 0.3) is 5.91 Å². The fourth-order valence-electron chi connectivity index (χ4n) is 1.69. The molecule has 0 aliphatic heterocycles. The summed E-state index contributed by atoms with van der Waals surface area (Å²) in [6.45, 7) is 3.84. The molecule has 0 aliphatic rings. The SMILES string of the molecule is CCCC(NC(=O)c1ccc(C)cc1Cl)/C(N)=N/O. The monoisotopic (exact) mass is 283 g/mol. The second-order valence-electron chi connectivity index (χ2n) is 4.32. The highest BCUT2D eigenvalue weighted by Gasteiger charge is 2.18. The van der Waals surface area contributed by atoms with Crippen LogP contribution < -0.4 is 11.1 Å². The van der Waals surface area contributed by atoms with Crippen molar-refractivity contribution >= 4 is 23.3 Å². The van der Waals surface area contributed by atoms with Crippen molar-refractivity contribution in [3.63, 3.8) is 0 Å². The van der Waals surface area contributed by atoms with E-state index in [0.29, 0.717) is 17.0 Å². The number of nitrogens with zero attached hydrogens (tertiary/aromatic N) is 1. The largest absolute Gasteiger partial charge is 0.409 e. The number of benzene rings is 1. The van der Waals surface area contributed by atoms with Crippen molar-refractivity contribution in [2.45, 2.75) is 32.7 Å². The van der Waals surface area contributed by atoms with Gasteiger partial charge in [0.15, 0.2) is 5.84 Å². The molecule has 0 bridgehead atoms. The summed E-state index contributed by atoms with van der Waals surface area (Å²) >= 11 is 6.03. The van der Waals surface area contributed by atoms with Gasteiger partial charge in [-0.05, 0) is 31.0 Å². The Labute approximate surface area is 117 Å². The molecule has 1 unspecified atom stereocenters. The molecule has 0 spiro atoms. The Hall–Kier alpha value is -1.75. The van der Waals surface area contributed by atoms with Crippen molar-refractivity contribution in [2.75, 3.05) is 0 Å². The summed E-state index contributed by atoms with van der Waals surface area (Å²) in [6.07, 6.45) is 1.38. The topological polar surface area (TPSA) is 87.7 Å². The van der Waals surface area contributed by atoms with Crippen molar-refractivity contribution in [1.82, 2.24) is 5.32 Å². The molecule has 6 heteroatoms. The molecule has 0 aromatic heterocycles. The Kier molecular flexibility index (Phi) is 5.63. The van der Waals surface area contributed by atoms with Crippen LogP contribution in [0.4, 0.5) is 0 Å². The molecule has 104 valence electrons. The van der Waals surface area contributed by atoms with Gasteiger partial charge in [0.2, 0.25) is 0 Å². The smallest absolute Gasteiger partial charge is 0.253 e. The minimum atomic E-state index is -0.500. The van der Waals surface area contributed by atoms with Gasteiger partial charge in [-0.1, -0.05) is 36.2 Å². The first-order valence-electron chi connectivity index (χ1n) is 6.04. The summed E-state index contributed by atoms with van der Waals surface area (Å²) < 4.78 is 0. The Morgan fingerprint density at radius 2 is 2.26 bits per heavy atom. The zero-order chi connectivity index (χ0) is 14.4. The van der Waals surface area contributed by atoms with E-state index in [1.807, 2.05) is 13.8 Å². The molecule has 1 aromatic rings. The molecular weight excluding hydrogens is 266 g/mol. The molecule has 19 heavy (non-hydrogen) atoms. The molecular formula is C13H18ClN3O2. The van der Waals surface area contributed by atoms with Crippen LogP contribution in [-0.2, 0) is 0 Å². The predicted octanol–water partition coefficient (Wildman–Crippen LogP) is 2.29. The predicted molar refractivity (Wildman–Crippen MR) is 75.8 cm³/mol. The molecule has 4 N–H and O–H groups in total. The number of carbonyl (C=O) groups excluding carboxylic acids is 1. The summed E-state index contributed by atoms with van der Waals surface area (Å²) in [7, 11) is 0. The molecule has 1 atom stereocenters. The fourth-order valence-corrected chi connectivity index (χ4v) is 2.01. The highest BCUT2D eigenvalue weighted by molar-refractivity contribution is 6.34. The van der Waals surface area contributed by atoms with Crippen molar-refractivity contribution < 1.29 is 10.0 Å². The van der Waals surface area contributed by atoms with Gasteiger partial charge in [-0.2, -0.15) is 0 Å². The van der Waals surface area contributed by atoms with E-state index in [4.69, 9.17) is 22.5 Å². The van der Waals surface area contributed by atoms with Gasteiger partial charge in [0.05, 0.1) is 16.6 Å². The molecule has 1 amide bonds. The summed E-state index contributed by atoms with van der Waals surface area (Å²) in [6, 6.07) is 4.68. The average molecular weight is 284 g/mol. The van der Waals surface area contributed by atoms with E-state index in [1.165, 1.54) is 0 Å². The summed E-state index contributed by atoms with van der Waals surface area (Å²) in [5.74, 6) is -0.353. The molecule has 0 fully saturated rings. The third kappa shape index (κ3) is 4.13. The maximum absolute atomic E-state index is 12.1. The maximum atomic E-state index is 12.1. The number of rotatable bonds is 5. The third-order valence-electron chi connectivity index (χ3n) is 2.72. The van der Waals surface area contributed by atoms with Crippen molar-refractivity contribution in [3.8, 4) is 0 Å². The lowest BCUT2D eigenvalue weighted by Crippen LogP contribution is -2.44. The lowest BCUT2D eigenvalue weighted by Gasteiger charge is -2.17. The molecule has 0 heterocycles. The second kappa shape index (κ2) is 6.99. The zero-order valence-electron chi connectivity index (χ0n) is 11.0. The fraction of sp³-hybridized carbons (Fsp3) is 0.385. The normalized spacial score (nSPS) is 13.1. The quantitative estimate of drug-likeness (QED) is 0.335. The van der Waals surface area contributed by atoms with E-state index in [-0.39, 0.29) is 11.7 Å². The third-order valence-corrected chi connectivity index (χ3v) is 3.04. The standard InChI is InChI=1S/C13H18ClN3O2/c1-3-4-11(12(15)17-19)16-13(18)9-6-5-8(2)7-10(9)14/h5-7,11,19H,3-4H2,1-2H3,(H2,15,17)(H,16,18). The number of aryl methyl sites for hydroxylation is 1. The van der Waals surface area contributed by atoms with E-state index < -0.39 is 6.04 Å². The first-order valence-corrected chi connectivity index (χ1v) is 6.41. The number of nitrogens with one attached hydrogen (secondary N) is 1. The lowest BCUT2D eigenvalue weighted by atomic mass is 10.1. The van der Waals surface area contributed by atoms with E-state index in [1.54, 1.807) is 18.2 Å². The molecule has 0 saturated carbocycles. The van der Waals surface area contributed by atoms with E-state index in [9.17, 15) is 4.79 Å². The van der Waals surface area contributed by atoms with Crippen molar-refractivity contribution in [3.05, 3.63) is 34.3 Å². The number of amidine groups is 1. The van der Waals surface area contributed by atoms with E-state index >= 15 is 0 Å². The number of hydrogen-bond donors (Lipinski definition) is 3. The van der Waals surface area contributed by atoms with Crippen LogP contribution in [0.2, 0.25) is 5.02 Å². The Morgan fingerprint density at radius 1 is 1.58 bits per heavy atom. The van der Waals surface area contributed by atoms with Gasteiger partial charge in [0, 0.05) is 0 Å². The highest BCUT2D eigenvalue weighted by atomic mass is 35.5. The van der Waals surface area contributed by atoms with Gasteiger partial charge in [0.1, 0.15) is 0 Å². The lowest BCUT2D eigenvalue weighted by molar-refractivity contribution is 0.0945. The van der Waals surface area contributed by atoms with Crippen molar-refractivity contribution in [1.29, 1.82) is 0 Å². The Bertz CT molecular complexity index is 489. The number of nitrogens with two attached hydrogens (primary N) is 1. The number of hydrogen-bond acceptors (Lipinski definition) is 3. The van der Waals surface area contributed by atoms with Gasteiger partial charge in [-0.25, -0.2) is 0 Å². The van der Waals surface area contributed by atoms with Crippen LogP contribution in [0.3, 0.4) is 0 Å². The Balaban J connectivity index is 2.87.